The van der Waals surface area contributed by atoms with Crippen molar-refractivity contribution in [3.8, 4) is 0 Å². The lowest BCUT2D eigenvalue weighted by Gasteiger charge is -2.28. The maximum Gasteiger partial charge on any atom is 0.320 e. The summed E-state index contributed by atoms with van der Waals surface area (Å²) in [6, 6.07) is 7.86. The highest BCUT2D eigenvalue weighted by Gasteiger charge is 2.36. The van der Waals surface area contributed by atoms with Crippen LogP contribution in [0.1, 0.15) is 37.8 Å². The number of hydrogen-bond acceptors (Lipinski definition) is 3. The summed E-state index contributed by atoms with van der Waals surface area (Å²) in [5, 5.41) is 9.20. The molecule has 5 nitrogen and oxygen atoms in total. The van der Waals surface area contributed by atoms with Crippen LogP contribution in [0.25, 0.3) is 0 Å². The number of aliphatic carboxylic acids is 1. The zero-order chi connectivity index (χ0) is 17.0. The average Bonchev–Trinajstić information content (AvgIpc) is 3.37. The molecule has 1 saturated carbocycles. The van der Waals surface area contributed by atoms with Gasteiger partial charge in [-0.05, 0) is 37.3 Å². The normalized spacial score (nSPS) is 15.5. The molecule has 1 aliphatic carbocycles. The van der Waals surface area contributed by atoms with E-state index in [1.54, 1.807) is 23.8 Å². The molecule has 0 bridgehead atoms. The van der Waals surface area contributed by atoms with Gasteiger partial charge in [0, 0.05) is 19.6 Å². The highest BCUT2D eigenvalue weighted by atomic mass is 16.4. The van der Waals surface area contributed by atoms with E-state index in [-0.39, 0.29) is 18.5 Å². The zero-order valence-corrected chi connectivity index (χ0v) is 14.2. The first-order valence-electron chi connectivity index (χ1n) is 8.22. The molecule has 0 spiro atoms. The number of hydrogen-bond donors (Lipinski definition) is 1. The fraction of sp³-hybridized carbons (Fsp3) is 0.556. The van der Waals surface area contributed by atoms with Crippen molar-refractivity contribution in [1.82, 2.24) is 9.80 Å². The lowest BCUT2D eigenvalue weighted by atomic mass is 10.1. The van der Waals surface area contributed by atoms with Crippen LogP contribution in [-0.4, -0.2) is 52.5 Å². The summed E-state index contributed by atoms with van der Waals surface area (Å²) < 4.78 is 0. The Morgan fingerprint density at radius 2 is 1.78 bits per heavy atom. The molecule has 2 rings (SSSR count). The molecule has 1 aliphatic rings. The van der Waals surface area contributed by atoms with E-state index in [1.165, 1.54) is 5.56 Å². The fourth-order valence-corrected chi connectivity index (χ4v) is 2.65. The summed E-state index contributed by atoms with van der Waals surface area (Å²) in [6.07, 6.45) is 2.96. The molecule has 23 heavy (non-hydrogen) atoms. The van der Waals surface area contributed by atoms with Crippen molar-refractivity contribution in [3.05, 3.63) is 35.4 Å². The monoisotopic (exact) mass is 318 g/mol. The number of carboxylic acid groups (broad SMARTS) is 1. The summed E-state index contributed by atoms with van der Waals surface area (Å²) in [4.78, 5) is 27.1. The molecule has 1 N–H and O–H groups in total. The first kappa shape index (κ1) is 17.5. The Bertz CT molecular complexity index is 552. The first-order valence-corrected chi connectivity index (χ1v) is 8.22. The van der Waals surface area contributed by atoms with E-state index in [1.807, 2.05) is 12.1 Å². The van der Waals surface area contributed by atoms with Crippen LogP contribution in [0.4, 0.5) is 0 Å². The van der Waals surface area contributed by atoms with Crippen molar-refractivity contribution in [2.24, 2.45) is 0 Å². The summed E-state index contributed by atoms with van der Waals surface area (Å²) in [6.45, 7) is 4.47. The summed E-state index contributed by atoms with van der Waals surface area (Å²) in [5.74, 6) is -0.910. The minimum absolute atomic E-state index is 0.0374. The van der Waals surface area contributed by atoms with Crippen molar-refractivity contribution in [2.75, 3.05) is 13.6 Å². The predicted molar refractivity (Wildman–Crippen MR) is 89.1 cm³/mol. The van der Waals surface area contributed by atoms with Crippen LogP contribution in [-0.2, 0) is 22.6 Å². The Labute approximate surface area is 137 Å². The van der Waals surface area contributed by atoms with Crippen molar-refractivity contribution in [3.63, 3.8) is 0 Å². The average molecular weight is 318 g/mol. The van der Waals surface area contributed by atoms with Gasteiger partial charge in [0.25, 0.3) is 0 Å². The van der Waals surface area contributed by atoms with Crippen LogP contribution in [0.3, 0.4) is 0 Å². The third-order valence-electron chi connectivity index (χ3n) is 4.47. The van der Waals surface area contributed by atoms with Crippen molar-refractivity contribution >= 4 is 11.9 Å². The molecule has 0 saturated heterocycles. The second kappa shape index (κ2) is 7.59. The maximum absolute atomic E-state index is 12.4. The van der Waals surface area contributed by atoms with Crippen LogP contribution in [0.5, 0.6) is 0 Å². The summed E-state index contributed by atoms with van der Waals surface area (Å²) >= 11 is 0. The lowest BCUT2D eigenvalue weighted by Crippen LogP contribution is -2.46. The quantitative estimate of drug-likeness (QED) is 0.798. The van der Waals surface area contributed by atoms with Gasteiger partial charge in [0.05, 0.1) is 6.54 Å². The number of aryl methyl sites for hydroxylation is 1. The third kappa shape index (κ3) is 4.79. The second-order valence-corrected chi connectivity index (χ2v) is 6.34. The molecule has 0 radical (unpaired) electrons. The molecule has 1 fully saturated rings. The topological polar surface area (TPSA) is 60.9 Å². The van der Waals surface area contributed by atoms with Gasteiger partial charge in [0.15, 0.2) is 0 Å². The van der Waals surface area contributed by atoms with Crippen molar-refractivity contribution in [1.29, 1.82) is 0 Å². The van der Waals surface area contributed by atoms with E-state index >= 15 is 0 Å². The van der Waals surface area contributed by atoms with Crippen molar-refractivity contribution < 1.29 is 14.7 Å². The lowest BCUT2D eigenvalue weighted by molar-refractivity contribution is -0.144. The Hall–Kier alpha value is -1.88. The number of carbonyl (C=O) groups excluding carboxylic acids is 1. The van der Waals surface area contributed by atoms with Crippen LogP contribution in [0.15, 0.2) is 24.3 Å². The van der Waals surface area contributed by atoms with Gasteiger partial charge in [-0.15, -0.1) is 0 Å². The number of rotatable bonds is 8. The van der Waals surface area contributed by atoms with Gasteiger partial charge in [0.1, 0.15) is 6.04 Å². The van der Waals surface area contributed by atoms with Gasteiger partial charge >= 0.3 is 5.97 Å². The Morgan fingerprint density at radius 1 is 1.22 bits per heavy atom. The molecule has 0 aliphatic heterocycles. The molecule has 1 amide bonds. The van der Waals surface area contributed by atoms with Crippen molar-refractivity contribution in [2.45, 2.75) is 51.7 Å². The summed E-state index contributed by atoms with van der Waals surface area (Å²) in [5.41, 5.74) is 2.36. The third-order valence-corrected chi connectivity index (χ3v) is 4.47. The maximum atomic E-state index is 12.4. The largest absolute Gasteiger partial charge is 0.480 e. The zero-order valence-electron chi connectivity index (χ0n) is 14.2. The predicted octanol–water partition coefficient (Wildman–Crippen LogP) is 2.14. The SMILES string of the molecule is CCc1ccc(CN(C)C(=O)CN(C2CC2)C(C)C(=O)O)cc1. The molecule has 1 aromatic rings. The van der Waals surface area contributed by atoms with Gasteiger partial charge in [-0.1, -0.05) is 31.2 Å². The molecule has 126 valence electrons. The van der Waals surface area contributed by atoms with Crippen LogP contribution in [0.2, 0.25) is 0 Å². The number of carbonyl (C=O) groups is 2. The molecule has 1 unspecified atom stereocenters. The van der Waals surface area contributed by atoms with Crippen LogP contribution < -0.4 is 0 Å². The van der Waals surface area contributed by atoms with E-state index in [2.05, 4.69) is 19.1 Å². The highest BCUT2D eigenvalue weighted by molar-refractivity contribution is 5.80. The van der Waals surface area contributed by atoms with Crippen LogP contribution >= 0.6 is 0 Å². The number of benzene rings is 1. The van der Waals surface area contributed by atoms with E-state index in [0.717, 1.165) is 24.8 Å². The summed E-state index contributed by atoms with van der Waals surface area (Å²) in [7, 11) is 1.77. The molecular formula is C18H26N2O3. The highest BCUT2D eigenvalue weighted by Crippen LogP contribution is 2.28. The van der Waals surface area contributed by atoms with Gasteiger partial charge < -0.3 is 10.0 Å². The number of likely N-dealkylation sites (N-methyl/N-ethyl adjacent to an activating group) is 1. The Kier molecular flexibility index (Phi) is 5.77. The van der Waals surface area contributed by atoms with E-state index in [4.69, 9.17) is 0 Å². The van der Waals surface area contributed by atoms with Gasteiger partial charge in [0.2, 0.25) is 5.91 Å². The second-order valence-electron chi connectivity index (χ2n) is 6.34. The standard InChI is InChI=1S/C18H26N2O3/c1-4-14-5-7-15(8-6-14)11-19(3)17(21)12-20(16-9-10-16)13(2)18(22)23/h5-8,13,16H,4,9-12H2,1-3H3,(H,22,23). The fourth-order valence-electron chi connectivity index (χ4n) is 2.65. The van der Waals surface area contributed by atoms with Crippen LogP contribution in [0, 0.1) is 0 Å². The Morgan fingerprint density at radius 3 is 2.26 bits per heavy atom. The Balaban J connectivity index is 1.93. The molecule has 0 heterocycles. The molecule has 1 atom stereocenters. The van der Waals surface area contributed by atoms with E-state index in [9.17, 15) is 14.7 Å². The van der Waals surface area contributed by atoms with Gasteiger partial charge in [-0.25, -0.2) is 0 Å². The first-order chi connectivity index (χ1) is 10.9. The molecule has 1 aromatic carbocycles. The minimum atomic E-state index is -0.873. The van der Waals surface area contributed by atoms with Gasteiger partial charge in [-0.3, -0.25) is 14.5 Å². The number of nitrogens with zero attached hydrogens (tertiary/aromatic N) is 2. The minimum Gasteiger partial charge on any atom is -0.480 e. The smallest absolute Gasteiger partial charge is 0.320 e. The van der Waals surface area contributed by atoms with E-state index < -0.39 is 12.0 Å². The molecule has 0 aromatic heterocycles. The van der Waals surface area contributed by atoms with E-state index in [0.29, 0.717) is 6.54 Å². The van der Waals surface area contributed by atoms with Gasteiger partial charge in [-0.2, -0.15) is 0 Å². The number of amides is 1. The molecule has 5 heteroatoms. The molecular weight excluding hydrogens is 292 g/mol. The number of carboxylic acids is 1.